The second-order valence-electron chi connectivity index (χ2n) is 5.81. The van der Waals surface area contributed by atoms with Gasteiger partial charge in [-0.2, -0.15) is 10.4 Å². The van der Waals surface area contributed by atoms with Crippen molar-refractivity contribution >= 4 is 22.9 Å². The molecule has 0 heterocycles. The van der Waals surface area contributed by atoms with Gasteiger partial charge in [0.1, 0.15) is 11.9 Å². The van der Waals surface area contributed by atoms with E-state index in [0.717, 1.165) is 10.8 Å². The van der Waals surface area contributed by atoms with Gasteiger partial charge in [-0.25, -0.2) is 9.82 Å². The molecule has 1 atom stereocenters. The summed E-state index contributed by atoms with van der Waals surface area (Å²) in [6, 6.07) is 19.3. The number of methoxy groups -OCH3 is 1. The third-order valence-corrected chi connectivity index (χ3v) is 4.05. The van der Waals surface area contributed by atoms with E-state index in [1.165, 1.54) is 31.5 Å². The molecule has 6 heteroatoms. The Morgan fingerprint density at radius 1 is 1.19 bits per heavy atom. The van der Waals surface area contributed by atoms with Gasteiger partial charge >= 0.3 is 0 Å². The summed E-state index contributed by atoms with van der Waals surface area (Å²) in [5.41, 5.74) is 3.47. The van der Waals surface area contributed by atoms with Crippen molar-refractivity contribution in [1.82, 2.24) is 5.43 Å². The third-order valence-electron chi connectivity index (χ3n) is 4.05. The minimum absolute atomic E-state index is 0.0491. The zero-order valence-corrected chi connectivity index (χ0v) is 14.5. The molecule has 0 spiro atoms. The molecule has 5 nitrogen and oxygen atoms in total. The number of rotatable bonds is 5. The number of hydrogen-bond donors (Lipinski definition) is 1. The van der Waals surface area contributed by atoms with Crippen molar-refractivity contribution in [2.45, 2.75) is 6.10 Å². The number of hydrogen-bond acceptors (Lipinski definition) is 4. The quantitative estimate of drug-likeness (QED) is 0.556. The Bertz CT molecular complexity index is 1060. The molecular weight excluding hydrogens is 345 g/mol. The summed E-state index contributed by atoms with van der Waals surface area (Å²) in [4.78, 5) is 12.4. The van der Waals surface area contributed by atoms with Gasteiger partial charge < -0.3 is 4.74 Å². The Kier molecular flexibility index (Phi) is 5.55. The van der Waals surface area contributed by atoms with Gasteiger partial charge in [0.2, 0.25) is 0 Å². The van der Waals surface area contributed by atoms with Crippen molar-refractivity contribution in [3.05, 3.63) is 83.2 Å². The molecule has 0 radical (unpaired) electrons. The van der Waals surface area contributed by atoms with Crippen molar-refractivity contribution in [2.75, 3.05) is 7.11 Å². The Morgan fingerprint density at radius 3 is 2.67 bits per heavy atom. The van der Waals surface area contributed by atoms with Gasteiger partial charge in [-0.05, 0) is 40.1 Å². The smallest absolute Gasteiger partial charge is 0.273 e. The highest BCUT2D eigenvalue weighted by Gasteiger charge is 2.20. The summed E-state index contributed by atoms with van der Waals surface area (Å²) in [5.74, 6) is -1.09. The molecule has 134 valence electrons. The molecule has 0 saturated carbocycles. The van der Waals surface area contributed by atoms with E-state index >= 15 is 0 Å². The van der Waals surface area contributed by atoms with E-state index in [-0.39, 0.29) is 5.56 Å². The first-order valence-corrected chi connectivity index (χ1v) is 8.16. The van der Waals surface area contributed by atoms with E-state index < -0.39 is 17.8 Å². The number of nitrogens with one attached hydrogen (secondary N) is 1. The summed E-state index contributed by atoms with van der Waals surface area (Å²) < 4.78 is 18.9. The van der Waals surface area contributed by atoms with Crippen LogP contribution in [-0.4, -0.2) is 19.2 Å². The number of carbonyl (C=O) groups excluding carboxylic acids is 1. The SMILES string of the molecule is COC(C(=O)N/N=C/c1ccc(C#N)c(F)c1)c1ccc2ccccc2c1. The van der Waals surface area contributed by atoms with Crippen molar-refractivity contribution in [1.29, 1.82) is 5.26 Å². The molecular formula is C21H16FN3O2. The predicted octanol–water partition coefficient (Wildman–Crippen LogP) is 3.69. The van der Waals surface area contributed by atoms with Crippen LogP contribution in [0.3, 0.4) is 0 Å². The molecule has 1 N–H and O–H groups in total. The van der Waals surface area contributed by atoms with Gasteiger partial charge in [-0.3, -0.25) is 4.79 Å². The summed E-state index contributed by atoms with van der Waals surface area (Å²) in [6.45, 7) is 0. The van der Waals surface area contributed by atoms with Crippen LogP contribution in [-0.2, 0) is 9.53 Å². The van der Waals surface area contributed by atoms with Crippen molar-refractivity contribution < 1.29 is 13.9 Å². The van der Waals surface area contributed by atoms with Crippen LogP contribution < -0.4 is 5.43 Å². The topological polar surface area (TPSA) is 74.5 Å². The summed E-state index contributed by atoms with van der Waals surface area (Å²) in [5, 5.41) is 14.6. The first kappa shape index (κ1) is 18.2. The summed E-state index contributed by atoms with van der Waals surface area (Å²) in [6.07, 6.45) is 0.472. The largest absolute Gasteiger partial charge is 0.367 e. The van der Waals surface area contributed by atoms with E-state index in [9.17, 15) is 9.18 Å². The van der Waals surface area contributed by atoms with Gasteiger partial charge in [0.15, 0.2) is 6.10 Å². The highest BCUT2D eigenvalue weighted by Crippen LogP contribution is 2.22. The van der Waals surface area contributed by atoms with Crippen LogP contribution in [0.4, 0.5) is 4.39 Å². The van der Waals surface area contributed by atoms with Crippen LogP contribution in [0, 0.1) is 17.1 Å². The third kappa shape index (κ3) is 4.17. The van der Waals surface area contributed by atoms with E-state index in [2.05, 4.69) is 10.5 Å². The highest BCUT2D eigenvalue weighted by molar-refractivity contribution is 5.88. The number of nitriles is 1. The fraction of sp³-hybridized carbons (Fsp3) is 0.0952. The van der Waals surface area contributed by atoms with Crippen LogP contribution in [0.25, 0.3) is 10.8 Å². The number of halogens is 1. The average Bonchev–Trinajstić information content (AvgIpc) is 2.68. The number of amides is 1. The lowest BCUT2D eigenvalue weighted by molar-refractivity contribution is -0.131. The molecule has 0 bridgehead atoms. The first-order chi connectivity index (χ1) is 13.1. The molecule has 1 unspecified atom stereocenters. The zero-order valence-electron chi connectivity index (χ0n) is 14.5. The summed E-state index contributed by atoms with van der Waals surface area (Å²) >= 11 is 0. The molecule has 0 aliphatic carbocycles. The van der Waals surface area contributed by atoms with Crippen LogP contribution >= 0.6 is 0 Å². The fourth-order valence-corrected chi connectivity index (χ4v) is 2.70. The van der Waals surface area contributed by atoms with Crippen LogP contribution in [0.2, 0.25) is 0 Å². The molecule has 3 aromatic rings. The predicted molar refractivity (Wildman–Crippen MR) is 101 cm³/mol. The van der Waals surface area contributed by atoms with Gasteiger partial charge in [-0.1, -0.05) is 42.5 Å². The molecule has 3 aromatic carbocycles. The minimum Gasteiger partial charge on any atom is -0.367 e. The lowest BCUT2D eigenvalue weighted by Gasteiger charge is -2.14. The van der Waals surface area contributed by atoms with Crippen molar-refractivity contribution in [2.24, 2.45) is 5.10 Å². The standard InChI is InChI=1S/C21H16FN3O2/c1-27-20(17-9-8-15-4-2-3-5-16(15)11-17)21(26)25-24-13-14-6-7-18(12-23)19(22)10-14/h2-11,13,20H,1H3,(H,25,26)/b24-13+. The van der Waals surface area contributed by atoms with E-state index in [0.29, 0.717) is 11.1 Å². The number of fused-ring (bicyclic) bond motifs is 1. The molecule has 0 saturated heterocycles. The van der Waals surface area contributed by atoms with Crippen molar-refractivity contribution in [3.63, 3.8) is 0 Å². The maximum atomic E-state index is 13.6. The van der Waals surface area contributed by atoms with E-state index in [1.807, 2.05) is 42.5 Å². The van der Waals surface area contributed by atoms with Crippen LogP contribution in [0.5, 0.6) is 0 Å². The minimum atomic E-state index is -0.829. The zero-order chi connectivity index (χ0) is 19.2. The monoisotopic (exact) mass is 361 g/mol. The number of ether oxygens (including phenoxy) is 1. The lowest BCUT2D eigenvalue weighted by atomic mass is 10.0. The molecule has 0 aliphatic rings. The number of nitrogens with zero attached hydrogens (tertiary/aromatic N) is 2. The number of carbonyl (C=O) groups is 1. The Labute approximate surface area is 155 Å². The lowest BCUT2D eigenvalue weighted by Crippen LogP contribution is -2.26. The van der Waals surface area contributed by atoms with Gasteiger partial charge in [-0.15, -0.1) is 0 Å². The Balaban J connectivity index is 1.73. The molecule has 27 heavy (non-hydrogen) atoms. The molecule has 0 aliphatic heterocycles. The van der Waals surface area contributed by atoms with Crippen LogP contribution in [0.15, 0.2) is 65.8 Å². The highest BCUT2D eigenvalue weighted by atomic mass is 19.1. The normalized spacial score (nSPS) is 12.0. The molecule has 0 aromatic heterocycles. The van der Waals surface area contributed by atoms with Gasteiger partial charge in [0.05, 0.1) is 11.8 Å². The Morgan fingerprint density at radius 2 is 1.96 bits per heavy atom. The first-order valence-electron chi connectivity index (χ1n) is 8.16. The Hall–Kier alpha value is -3.56. The maximum absolute atomic E-state index is 13.6. The van der Waals surface area contributed by atoms with E-state index in [4.69, 9.17) is 10.00 Å². The van der Waals surface area contributed by atoms with Gasteiger partial charge in [0, 0.05) is 7.11 Å². The molecule has 1 amide bonds. The fourth-order valence-electron chi connectivity index (χ4n) is 2.70. The second kappa shape index (κ2) is 8.21. The van der Waals surface area contributed by atoms with Crippen LogP contribution in [0.1, 0.15) is 22.8 Å². The molecule has 0 fully saturated rings. The summed E-state index contributed by atoms with van der Waals surface area (Å²) in [7, 11) is 1.44. The maximum Gasteiger partial charge on any atom is 0.273 e. The number of hydrazone groups is 1. The number of benzene rings is 3. The van der Waals surface area contributed by atoms with E-state index in [1.54, 1.807) is 6.07 Å². The van der Waals surface area contributed by atoms with Gasteiger partial charge in [0.25, 0.3) is 5.91 Å². The average molecular weight is 361 g/mol. The molecule has 3 rings (SSSR count). The second-order valence-corrected chi connectivity index (χ2v) is 5.81. The van der Waals surface area contributed by atoms with Crippen molar-refractivity contribution in [3.8, 4) is 6.07 Å².